The summed E-state index contributed by atoms with van der Waals surface area (Å²) in [6.45, 7) is 1.03. The van der Waals surface area contributed by atoms with Gasteiger partial charge in [0.15, 0.2) is 0 Å². The SMILES string of the molecule is NC1CC2CCC(C1)N2Cc1cccc(Cl)c1. The van der Waals surface area contributed by atoms with Crippen molar-refractivity contribution in [1.82, 2.24) is 4.90 Å². The number of hydrogen-bond acceptors (Lipinski definition) is 2. The Morgan fingerprint density at radius 3 is 2.59 bits per heavy atom. The molecule has 3 heteroatoms. The second kappa shape index (κ2) is 4.60. The summed E-state index contributed by atoms with van der Waals surface area (Å²) < 4.78 is 0. The molecule has 0 aromatic heterocycles. The molecule has 0 saturated carbocycles. The Balaban J connectivity index is 1.74. The van der Waals surface area contributed by atoms with Gasteiger partial charge < -0.3 is 5.73 Å². The average Bonchev–Trinajstić information content (AvgIpc) is 2.54. The van der Waals surface area contributed by atoms with Gasteiger partial charge in [0, 0.05) is 29.7 Å². The molecule has 3 rings (SSSR count). The van der Waals surface area contributed by atoms with Gasteiger partial charge in [0.25, 0.3) is 0 Å². The molecule has 17 heavy (non-hydrogen) atoms. The Kier molecular flexibility index (Phi) is 3.12. The number of halogens is 1. The minimum Gasteiger partial charge on any atom is -0.328 e. The topological polar surface area (TPSA) is 29.3 Å². The van der Waals surface area contributed by atoms with Crippen molar-refractivity contribution in [3.63, 3.8) is 0 Å². The molecule has 0 spiro atoms. The summed E-state index contributed by atoms with van der Waals surface area (Å²) in [6, 6.07) is 10.0. The van der Waals surface area contributed by atoms with Crippen LogP contribution in [0, 0.1) is 0 Å². The molecular formula is C14H19ClN2. The van der Waals surface area contributed by atoms with Gasteiger partial charge in [-0.3, -0.25) is 4.90 Å². The minimum absolute atomic E-state index is 0.420. The summed E-state index contributed by atoms with van der Waals surface area (Å²) in [5, 5.41) is 0.837. The van der Waals surface area contributed by atoms with E-state index in [1.807, 2.05) is 12.1 Å². The summed E-state index contributed by atoms with van der Waals surface area (Å²) >= 11 is 6.04. The van der Waals surface area contributed by atoms with Gasteiger partial charge >= 0.3 is 0 Å². The van der Waals surface area contributed by atoms with Crippen LogP contribution in [0.3, 0.4) is 0 Å². The van der Waals surface area contributed by atoms with E-state index >= 15 is 0 Å². The molecule has 2 aliphatic rings. The van der Waals surface area contributed by atoms with E-state index < -0.39 is 0 Å². The molecule has 0 aliphatic carbocycles. The number of nitrogens with two attached hydrogens (primary N) is 1. The molecule has 2 bridgehead atoms. The van der Waals surface area contributed by atoms with Crippen LogP contribution in [0.25, 0.3) is 0 Å². The van der Waals surface area contributed by atoms with Gasteiger partial charge in [0.1, 0.15) is 0 Å². The number of nitrogens with zero attached hydrogens (tertiary/aromatic N) is 1. The molecule has 2 N–H and O–H groups in total. The monoisotopic (exact) mass is 250 g/mol. The molecular weight excluding hydrogens is 232 g/mol. The maximum atomic E-state index is 6.09. The first-order valence-electron chi connectivity index (χ1n) is 6.48. The molecule has 2 heterocycles. The lowest BCUT2D eigenvalue weighted by Crippen LogP contribution is -2.46. The summed E-state index contributed by atoms with van der Waals surface area (Å²) in [5.41, 5.74) is 7.41. The molecule has 0 radical (unpaired) electrons. The normalized spacial score (nSPS) is 32.9. The van der Waals surface area contributed by atoms with Gasteiger partial charge in [0.2, 0.25) is 0 Å². The van der Waals surface area contributed by atoms with Crippen LogP contribution in [0.2, 0.25) is 5.02 Å². The van der Waals surface area contributed by atoms with Crippen molar-refractivity contribution in [1.29, 1.82) is 0 Å². The van der Waals surface area contributed by atoms with E-state index in [2.05, 4.69) is 17.0 Å². The van der Waals surface area contributed by atoms with E-state index in [-0.39, 0.29) is 0 Å². The first-order chi connectivity index (χ1) is 8.22. The lowest BCUT2D eigenvalue weighted by Gasteiger charge is -2.37. The molecule has 2 fully saturated rings. The van der Waals surface area contributed by atoms with Crippen LogP contribution in [-0.2, 0) is 6.54 Å². The summed E-state index contributed by atoms with van der Waals surface area (Å²) in [7, 11) is 0. The fourth-order valence-electron chi connectivity index (χ4n) is 3.42. The first kappa shape index (κ1) is 11.5. The van der Waals surface area contributed by atoms with Crippen LogP contribution in [0.5, 0.6) is 0 Å². The molecule has 2 unspecified atom stereocenters. The summed E-state index contributed by atoms with van der Waals surface area (Å²) in [6.07, 6.45) is 4.96. The molecule has 0 amide bonds. The Labute approximate surface area is 108 Å². The number of benzene rings is 1. The highest BCUT2D eigenvalue weighted by atomic mass is 35.5. The lowest BCUT2D eigenvalue weighted by molar-refractivity contribution is 0.120. The third kappa shape index (κ3) is 2.35. The number of fused-ring (bicyclic) bond motifs is 2. The smallest absolute Gasteiger partial charge is 0.0409 e. The van der Waals surface area contributed by atoms with Crippen LogP contribution in [0.15, 0.2) is 24.3 Å². The fraction of sp³-hybridized carbons (Fsp3) is 0.571. The van der Waals surface area contributed by atoms with Crippen molar-refractivity contribution < 1.29 is 0 Å². The van der Waals surface area contributed by atoms with Gasteiger partial charge in [0.05, 0.1) is 0 Å². The van der Waals surface area contributed by atoms with Gasteiger partial charge in [-0.2, -0.15) is 0 Å². The predicted molar refractivity (Wildman–Crippen MR) is 71.0 cm³/mol. The van der Waals surface area contributed by atoms with E-state index in [1.54, 1.807) is 0 Å². The summed E-state index contributed by atoms with van der Waals surface area (Å²) in [4.78, 5) is 2.63. The zero-order valence-electron chi connectivity index (χ0n) is 9.98. The van der Waals surface area contributed by atoms with Gasteiger partial charge in [-0.25, -0.2) is 0 Å². The number of hydrogen-bond donors (Lipinski definition) is 1. The molecule has 2 aliphatic heterocycles. The average molecular weight is 251 g/mol. The maximum Gasteiger partial charge on any atom is 0.0409 e. The van der Waals surface area contributed by atoms with E-state index in [4.69, 9.17) is 17.3 Å². The lowest BCUT2D eigenvalue weighted by atomic mass is 9.97. The van der Waals surface area contributed by atoms with Crippen LogP contribution in [0.4, 0.5) is 0 Å². The Bertz CT molecular complexity index is 393. The van der Waals surface area contributed by atoms with E-state index in [0.29, 0.717) is 18.1 Å². The second-order valence-electron chi connectivity index (χ2n) is 5.42. The van der Waals surface area contributed by atoms with Crippen LogP contribution in [-0.4, -0.2) is 23.0 Å². The Morgan fingerprint density at radius 2 is 1.94 bits per heavy atom. The fourth-order valence-corrected chi connectivity index (χ4v) is 3.63. The van der Waals surface area contributed by atoms with Gasteiger partial charge in [-0.1, -0.05) is 23.7 Å². The van der Waals surface area contributed by atoms with Gasteiger partial charge in [-0.15, -0.1) is 0 Å². The third-order valence-electron chi connectivity index (χ3n) is 4.17. The maximum absolute atomic E-state index is 6.09. The molecule has 2 nitrogen and oxygen atoms in total. The Morgan fingerprint density at radius 1 is 1.24 bits per heavy atom. The Hall–Kier alpha value is -0.570. The van der Waals surface area contributed by atoms with Crippen molar-refractivity contribution in [3.05, 3.63) is 34.9 Å². The van der Waals surface area contributed by atoms with Gasteiger partial charge in [-0.05, 0) is 43.4 Å². The molecule has 92 valence electrons. The van der Waals surface area contributed by atoms with E-state index in [1.165, 1.54) is 18.4 Å². The molecule has 2 saturated heterocycles. The highest BCUT2D eigenvalue weighted by Gasteiger charge is 2.39. The number of piperidine rings is 1. The zero-order valence-corrected chi connectivity index (χ0v) is 10.7. The molecule has 1 aromatic carbocycles. The third-order valence-corrected chi connectivity index (χ3v) is 4.41. The largest absolute Gasteiger partial charge is 0.328 e. The van der Waals surface area contributed by atoms with Crippen LogP contribution in [0.1, 0.15) is 31.2 Å². The standard InChI is InChI=1S/C14H19ClN2/c15-11-3-1-2-10(6-11)9-17-13-4-5-14(17)8-12(16)7-13/h1-3,6,12-14H,4-5,7-9,16H2. The van der Waals surface area contributed by atoms with Crippen molar-refractivity contribution in [2.75, 3.05) is 0 Å². The zero-order chi connectivity index (χ0) is 11.8. The van der Waals surface area contributed by atoms with E-state index in [0.717, 1.165) is 24.4 Å². The van der Waals surface area contributed by atoms with Crippen molar-refractivity contribution in [2.24, 2.45) is 5.73 Å². The van der Waals surface area contributed by atoms with Crippen molar-refractivity contribution in [3.8, 4) is 0 Å². The second-order valence-corrected chi connectivity index (χ2v) is 5.86. The van der Waals surface area contributed by atoms with Crippen molar-refractivity contribution >= 4 is 11.6 Å². The summed E-state index contributed by atoms with van der Waals surface area (Å²) in [5.74, 6) is 0. The minimum atomic E-state index is 0.420. The highest BCUT2D eigenvalue weighted by molar-refractivity contribution is 6.30. The number of rotatable bonds is 2. The highest BCUT2D eigenvalue weighted by Crippen LogP contribution is 2.36. The van der Waals surface area contributed by atoms with E-state index in [9.17, 15) is 0 Å². The van der Waals surface area contributed by atoms with Crippen molar-refractivity contribution in [2.45, 2.75) is 50.4 Å². The first-order valence-corrected chi connectivity index (χ1v) is 6.86. The van der Waals surface area contributed by atoms with Crippen LogP contribution >= 0.6 is 11.6 Å². The molecule has 2 atom stereocenters. The quantitative estimate of drug-likeness (QED) is 0.875. The van der Waals surface area contributed by atoms with Crippen LogP contribution < -0.4 is 5.73 Å². The molecule has 1 aromatic rings. The predicted octanol–water partition coefficient (Wildman–Crippen LogP) is 2.79.